The number of hydrogen-bond donors (Lipinski definition) is 4. The molecule has 0 saturated carbocycles. The smallest absolute Gasteiger partial charge is 0.236 e. The number of aromatic amines is 2. The van der Waals surface area contributed by atoms with E-state index >= 15 is 4.39 Å². The van der Waals surface area contributed by atoms with Crippen molar-refractivity contribution < 1.29 is 14.3 Å². The third-order valence-electron chi connectivity index (χ3n) is 6.30. The van der Waals surface area contributed by atoms with E-state index in [1.54, 1.807) is 35.4 Å². The number of halogens is 1. The van der Waals surface area contributed by atoms with Crippen LogP contribution in [0.1, 0.15) is 24.6 Å². The Morgan fingerprint density at radius 2 is 2.09 bits per heavy atom. The number of carbonyl (C=O) groups is 1. The van der Waals surface area contributed by atoms with Crippen LogP contribution in [0, 0.1) is 5.82 Å². The minimum absolute atomic E-state index is 0.00668. The maximum absolute atomic E-state index is 15.5. The van der Waals surface area contributed by atoms with Gasteiger partial charge in [-0.05, 0) is 47.7 Å². The van der Waals surface area contributed by atoms with Crippen molar-refractivity contribution in [1.29, 1.82) is 0 Å². The van der Waals surface area contributed by atoms with Gasteiger partial charge in [0.15, 0.2) is 11.6 Å². The summed E-state index contributed by atoms with van der Waals surface area (Å²) < 4.78 is 15.5. The largest absolute Gasteiger partial charge is 0.508 e. The highest BCUT2D eigenvalue weighted by Crippen LogP contribution is 2.35. The summed E-state index contributed by atoms with van der Waals surface area (Å²) in [5, 5.41) is 17.6. The zero-order valence-electron chi connectivity index (χ0n) is 18.7. The number of H-pyrrole nitrogens is 2. The molecule has 0 saturated heterocycles. The van der Waals surface area contributed by atoms with E-state index in [4.69, 9.17) is 5.73 Å². The number of amides is 1. The van der Waals surface area contributed by atoms with Crippen LogP contribution in [-0.2, 0) is 11.2 Å². The van der Waals surface area contributed by atoms with Gasteiger partial charge >= 0.3 is 0 Å². The van der Waals surface area contributed by atoms with Gasteiger partial charge in [-0.3, -0.25) is 9.89 Å². The highest BCUT2D eigenvalue weighted by molar-refractivity contribution is 5.95. The summed E-state index contributed by atoms with van der Waals surface area (Å²) in [4.78, 5) is 21.3. The number of benzene rings is 2. The van der Waals surface area contributed by atoms with Crippen molar-refractivity contribution in [3.8, 4) is 28.4 Å². The number of hydrogen-bond acceptors (Lipinski definition) is 5. The molecule has 34 heavy (non-hydrogen) atoms. The van der Waals surface area contributed by atoms with E-state index < -0.39 is 5.82 Å². The molecule has 1 aliphatic rings. The summed E-state index contributed by atoms with van der Waals surface area (Å²) in [6.45, 7) is 3.07. The molecule has 3 heterocycles. The zero-order chi connectivity index (χ0) is 23.8. The molecule has 1 amide bonds. The number of aryl methyl sites for hydroxylation is 1. The minimum atomic E-state index is -0.400. The van der Waals surface area contributed by atoms with E-state index in [0.29, 0.717) is 53.9 Å². The predicted octanol–water partition coefficient (Wildman–Crippen LogP) is 3.60. The third-order valence-corrected chi connectivity index (χ3v) is 6.30. The number of nitrogens with zero attached hydrogens (tertiary/aromatic N) is 3. The van der Waals surface area contributed by atoms with Crippen LogP contribution in [0.4, 0.5) is 4.39 Å². The number of nitrogens with two attached hydrogens (primary N) is 1. The van der Waals surface area contributed by atoms with Gasteiger partial charge in [-0.2, -0.15) is 5.10 Å². The standard InChI is InChI=1S/C25H25FN6O2/c1-2-14-11-16(33)3-4-17(14)18-5-6-19-23(22(18)26)30-31-24(19)25-28-13-20(29-25)15-7-9-32(10-8-15)21(34)12-27/h3-7,11,13,33H,2,8-10,12,27H2,1H3,(H,28,29)(H,30,31). The molecule has 8 nitrogen and oxygen atoms in total. The van der Waals surface area contributed by atoms with Gasteiger partial charge in [0.2, 0.25) is 5.91 Å². The molecule has 0 atom stereocenters. The molecule has 0 spiro atoms. The van der Waals surface area contributed by atoms with Gasteiger partial charge in [0, 0.05) is 30.2 Å². The second kappa shape index (κ2) is 8.75. The lowest BCUT2D eigenvalue weighted by Crippen LogP contribution is -2.38. The van der Waals surface area contributed by atoms with Crippen LogP contribution in [0.15, 0.2) is 42.6 Å². The van der Waals surface area contributed by atoms with Gasteiger partial charge in [-0.25, -0.2) is 9.37 Å². The molecule has 2 aromatic heterocycles. The normalized spacial score (nSPS) is 14.0. The Hall–Kier alpha value is -3.98. The molecule has 0 unspecified atom stereocenters. The molecule has 0 radical (unpaired) electrons. The van der Waals surface area contributed by atoms with Crippen LogP contribution in [-0.4, -0.2) is 55.7 Å². The third kappa shape index (κ3) is 3.73. The lowest BCUT2D eigenvalue weighted by Gasteiger charge is -2.25. The second-order valence-electron chi connectivity index (χ2n) is 8.27. The average molecular weight is 461 g/mol. The predicted molar refractivity (Wildman–Crippen MR) is 128 cm³/mol. The molecule has 1 aliphatic heterocycles. The molecule has 5 N–H and O–H groups in total. The summed E-state index contributed by atoms with van der Waals surface area (Å²) in [6, 6.07) is 8.52. The highest BCUT2D eigenvalue weighted by Gasteiger charge is 2.21. The number of aromatic hydroxyl groups is 1. The van der Waals surface area contributed by atoms with Crippen molar-refractivity contribution >= 4 is 22.4 Å². The Bertz CT molecular complexity index is 1420. The molecule has 174 valence electrons. The van der Waals surface area contributed by atoms with Gasteiger partial charge in [-0.1, -0.05) is 25.1 Å². The fourth-order valence-corrected chi connectivity index (χ4v) is 4.44. The number of fused-ring (bicyclic) bond motifs is 1. The lowest BCUT2D eigenvalue weighted by atomic mass is 9.96. The fraction of sp³-hybridized carbons (Fsp3) is 0.240. The van der Waals surface area contributed by atoms with E-state index in [9.17, 15) is 9.90 Å². The van der Waals surface area contributed by atoms with E-state index in [1.165, 1.54) is 0 Å². The van der Waals surface area contributed by atoms with Crippen LogP contribution < -0.4 is 5.73 Å². The Morgan fingerprint density at radius 3 is 2.82 bits per heavy atom. The fourth-order valence-electron chi connectivity index (χ4n) is 4.44. The quantitative estimate of drug-likeness (QED) is 0.362. The molecule has 4 aromatic rings. The van der Waals surface area contributed by atoms with Gasteiger partial charge in [-0.15, -0.1) is 0 Å². The topological polar surface area (TPSA) is 124 Å². The van der Waals surface area contributed by atoms with Crippen LogP contribution in [0.3, 0.4) is 0 Å². The maximum Gasteiger partial charge on any atom is 0.236 e. The number of nitrogens with one attached hydrogen (secondary N) is 2. The highest BCUT2D eigenvalue weighted by atomic mass is 19.1. The molecule has 5 rings (SSSR count). The first kappa shape index (κ1) is 21.8. The van der Waals surface area contributed by atoms with Gasteiger partial charge < -0.3 is 20.7 Å². The van der Waals surface area contributed by atoms with Crippen molar-refractivity contribution in [2.45, 2.75) is 19.8 Å². The van der Waals surface area contributed by atoms with E-state index in [2.05, 4.69) is 20.2 Å². The van der Waals surface area contributed by atoms with Crippen LogP contribution in [0.5, 0.6) is 5.75 Å². The minimum Gasteiger partial charge on any atom is -0.508 e. The van der Waals surface area contributed by atoms with Crippen molar-refractivity contribution in [1.82, 2.24) is 25.1 Å². The van der Waals surface area contributed by atoms with Crippen molar-refractivity contribution in [2.75, 3.05) is 19.6 Å². The van der Waals surface area contributed by atoms with E-state index in [0.717, 1.165) is 22.4 Å². The van der Waals surface area contributed by atoms with Gasteiger partial charge in [0.05, 0.1) is 12.2 Å². The second-order valence-corrected chi connectivity index (χ2v) is 8.27. The molecule has 2 aromatic carbocycles. The number of carbonyl (C=O) groups excluding carboxylic acids is 1. The molecule has 0 bridgehead atoms. The first-order valence-electron chi connectivity index (χ1n) is 11.2. The Morgan fingerprint density at radius 1 is 1.26 bits per heavy atom. The van der Waals surface area contributed by atoms with Gasteiger partial charge in [0.1, 0.15) is 17.0 Å². The summed E-state index contributed by atoms with van der Waals surface area (Å²) in [5.41, 5.74) is 10.1. The summed E-state index contributed by atoms with van der Waals surface area (Å²) in [5.74, 6) is 0.226. The number of imidazole rings is 1. The molecular formula is C25H25FN6O2. The Labute approximate surface area is 195 Å². The van der Waals surface area contributed by atoms with Crippen LogP contribution in [0.2, 0.25) is 0 Å². The number of phenolic OH excluding ortho intramolecular Hbond substituents is 1. The monoisotopic (exact) mass is 460 g/mol. The first-order chi connectivity index (χ1) is 16.5. The van der Waals surface area contributed by atoms with Crippen molar-refractivity contribution in [3.63, 3.8) is 0 Å². The summed E-state index contributed by atoms with van der Waals surface area (Å²) in [6.07, 6.45) is 5.13. The zero-order valence-corrected chi connectivity index (χ0v) is 18.7. The molecular weight excluding hydrogens is 435 g/mol. The first-order valence-corrected chi connectivity index (χ1v) is 11.2. The maximum atomic E-state index is 15.5. The van der Waals surface area contributed by atoms with Crippen LogP contribution >= 0.6 is 0 Å². The van der Waals surface area contributed by atoms with E-state index in [-0.39, 0.29) is 18.2 Å². The molecule has 0 fully saturated rings. The van der Waals surface area contributed by atoms with Gasteiger partial charge in [0.25, 0.3) is 0 Å². The number of rotatable bonds is 5. The average Bonchev–Trinajstić information content (AvgIpc) is 3.52. The number of phenols is 1. The number of aromatic nitrogens is 4. The van der Waals surface area contributed by atoms with Crippen molar-refractivity contribution in [3.05, 3.63) is 59.7 Å². The Kier molecular flexibility index (Phi) is 5.62. The molecule has 0 aliphatic carbocycles. The summed E-state index contributed by atoms with van der Waals surface area (Å²) >= 11 is 0. The Balaban J connectivity index is 1.47. The molecule has 9 heteroatoms. The van der Waals surface area contributed by atoms with Crippen LogP contribution in [0.25, 0.3) is 39.1 Å². The SMILES string of the molecule is CCc1cc(O)ccc1-c1ccc2c(-c3nc(C4=CCN(C(=O)CN)CC4)c[nH]3)n[nH]c2c1F. The van der Waals surface area contributed by atoms with Crippen molar-refractivity contribution in [2.24, 2.45) is 5.73 Å². The van der Waals surface area contributed by atoms with E-state index in [1.807, 2.05) is 19.1 Å². The lowest BCUT2D eigenvalue weighted by molar-refractivity contribution is -0.129. The summed E-state index contributed by atoms with van der Waals surface area (Å²) in [7, 11) is 0.